The van der Waals surface area contributed by atoms with Crippen LogP contribution in [0, 0.1) is 6.92 Å². The number of carbonyl (C=O) groups is 2. The Bertz CT molecular complexity index is 1120. The molecule has 0 aliphatic heterocycles. The Morgan fingerprint density at radius 1 is 1.03 bits per heavy atom. The summed E-state index contributed by atoms with van der Waals surface area (Å²) >= 11 is 1.53. The molecule has 0 radical (unpaired) electrons. The average Bonchev–Trinajstić information content (AvgIpc) is 3.57. The fourth-order valence-electron chi connectivity index (χ4n) is 4.53. The number of nitrogens with one attached hydrogen (secondary N) is 1. The average molecular weight is 493 g/mol. The van der Waals surface area contributed by atoms with E-state index in [0.29, 0.717) is 17.2 Å². The van der Waals surface area contributed by atoms with E-state index in [9.17, 15) is 9.59 Å². The minimum absolute atomic E-state index is 0.129. The number of aryl methyl sites for hydroxylation is 1. The van der Waals surface area contributed by atoms with E-state index < -0.39 is 6.04 Å². The third kappa shape index (κ3) is 6.03. The molecule has 35 heavy (non-hydrogen) atoms. The molecule has 6 nitrogen and oxygen atoms in total. The maximum atomic E-state index is 13.9. The van der Waals surface area contributed by atoms with E-state index in [1.54, 1.807) is 37.3 Å². The van der Waals surface area contributed by atoms with Crippen LogP contribution in [0.25, 0.3) is 0 Å². The number of nitrogens with zero attached hydrogens (tertiary/aromatic N) is 1. The molecule has 4 rings (SSSR count). The maximum Gasteiger partial charge on any atom is 0.248 e. The van der Waals surface area contributed by atoms with Crippen molar-refractivity contribution in [1.29, 1.82) is 0 Å². The van der Waals surface area contributed by atoms with Gasteiger partial charge >= 0.3 is 0 Å². The Hall–Kier alpha value is -3.32. The van der Waals surface area contributed by atoms with E-state index >= 15 is 0 Å². The minimum Gasteiger partial charge on any atom is -0.497 e. The molecule has 0 saturated heterocycles. The van der Waals surface area contributed by atoms with Crippen LogP contribution in [0.2, 0.25) is 0 Å². The molecular formula is C28H32N2O4S. The molecule has 0 spiro atoms. The van der Waals surface area contributed by atoms with Gasteiger partial charge < -0.3 is 14.8 Å². The first-order valence-corrected chi connectivity index (χ1v) is 12.8. The van der Waals surface area contributed by atoms with Gasteiger partial charge in [-0.2, -0.15) is 0 Å². The van der Waals surface area contributed by atoms with Crippen LogP contribution in [0.4, 0.5) is 5.69 Å². The van der Waals surface area contributed by atoms with E-state index in [-0.39, 0.29) is 24.3 Å². The highest BCUT2D eigenvalue weighted by atomic mass is 32.1. The second kappa shape index (κ2) is 11.4. The monoisotopic (exact) mass is 492 g/mol. The van der Waals surface area contributed by atoms with Crippen molar-refractivity contribution in [2.24, 2.45) is 0 Å². The Kier molecular flexibility index (Phi) is 8.08. The molecule has 1 aromatic heterocycles. The predicted molar refractivity (Wildman–Crippen MR) is 139 cm³/mol. The first kappa shape index (κ1) is 24.8. The van der Waals surface area contributed by atoms with Gasteiger partial charge in [-0.05, 0) is 36.8 Å². The van der Waals surface area contributed by atoms with Crippen LogP contribution in [0.15, 0.2) is 60.0 Å². The number of thiophene rings is 1. The molecule has 2 aromatic carbocycles. The molecule has 1 atom stereocenters. The molecule has 1 heterocycles. The lowest BCUT2D eigenvalue weighted by Crippen LogP contribution is -2.46. The standard InChI is InChI=1S/C28H32N2O4S/c1-19-10-12-20(13-11-19)27(28(32)29-21-7-4-5-8-21)30(26(31)18-25-9-6-14-35-25)22-15-23(33-2)17-24(16-22)34-3/h6,9-17,21,27H,4-5,7-8,18H2,1-3H3,(H,29,32)/t27-/m0/s1. The van der Waals surface area contributed by atoms with E-state index in [4.69, 9.17) is 9.47 Å². The summed E-state index contributed by atoms with van der Waals surface area (Å²) in [6.07, 6.45) is 4.32. The summed E-state index contributed by atoms with van der Waals surface area (Å²) in [4.78, 5) is 30.3. The third-order valence-electron chi connectivity index (χ3n) is 6.39. The van der Waals surface area contributed by atoms with E-state index in [1.165, 1.54) is 11.3 Å². The van der Waals surface area contributed by atoms with Gasteiger partial charge in [-0.25, -0.2) is 0 Å². The molecule has 1 fully saturated rings. The number of carbonyl (C=O) groups excluding carboxylic acids is 2. The number of methoxy groups -OCH3 is 2. The Balaban J connectivity index is 1.81. The van der Waals surface area contributed by atoms with Crippen LogP contribution < -0.4 is 19.7 Å². The minimum atomic E-state index is -0.833. The Morgan fingerprint density at radius 2 is 1.69 bits per heavy atom. The zero-order valence-electron chi connectivity index (χ0n) is 20.5. The number of anilines is 1. The zero-order chi connectivity index (χ0) is 24.8. The Morgan fingerprint density at radius 3 is 2.26 bits per heavy atom. The lowest BCUT2D eigenvalue weighted by atomic mass is 10.0. The summed E-state index contributed by atoms with van der Waals surface area (Å²) < 4.78 is 11.0. The van der Waals surface area contributed by atoms with Crippen molar-refractivity contribution in [3.8, 4) is 11.5 Å². The molecule has 0 unspecified atom stereocenters. The smallest absolute Gasteiger partial charge is 0.248 e. The molecule has 0 bridgehead atoms. The van der Waals surface area contributed by atoms with Gasteiger partial charge in [0.1, 0.15) is 17.5 Å². The quantitative estimate of drug-likeness (QED) is 0.431. The van der Waals surface area contributed by atoms with Crippen LogP contribution in [-0.2, 0) is 16.0 Å². The molecule has 184 valence electrons. The van der Waals surface area contributed by atoms with E-state index in [0.717, 1.165) is 41.7 Å². The first-order chi connectivity index (χ1) is 17.0. The predicted octanol–water partition coefficient (Wildman–Crippen LogP) is 5.45. The van der Waals surface area contributed by atoms with Gasteiger partial charge in [-0.3, -0.25) is 14.5 Å². The molecule has 2 amide bonds. The molecular weight excluding hydrogens is 460 g/mol. The van der Waals surface area contributed by atoms with Crippen molar-refractivity contribution in [1.82, 2.24) is 5.32 Å². The van der Waals surface area contributed by atoms with Gasteiger partial charge in [-0.15, -0.1) is 11.3 Å². The summed E-state index contributed by atoms with van der Waals surface area (Å²) in [7, 11) is 3.14. The largest absolute Gasteiger partial charge is 0.497 e. The Labute approximate surface area is 210 Å². The molecule has 1 N–H and O–H groups in total. The normalized spacial score (nSPS) is 14.4. The van der Waals surface area contributed by atoms with Gasteiger partial charge in [0.25, 0.3) is 0 Å². The van der Waals surface area contributed by atoms with Gasteiger partial charge in [0.05, 0.1) is 26.3 Å². The molecule has 1 aliphatic carbocycles. The number of benzene rings is 2. The second-order valence-electron chi connectivity index (χ2n) is 8.89. The fraction of sp³-hybridized carbons (Fsp3) is 0.357. The zero-order valence-corrected chi connectivity index (χ0v) is 21.3. The van der Waals surface area contributed by atoms with Crippen LogP contribution in [0.5, 0.6) is 11.5 Å². The molecule has 3 aromatic rings. The van der Waals surface area contributed by atoms with Crippen LogP contribution in [-0.4, -0.2) is 32.1 Å². The van der Waals surface area contributed by atoms with E-state index in [1.807, 2.05) is 48.7 Å². The molecule has 1 aliphatic rings. The van der Waals surface area contributed by atoms with Crippen molar-refractivity contribution in [2.75, 3.05) is 19.1 Å². The van der Waals surface area contributed by atoms with Crippen LogP contribution in [0.1, 0.15) is 47.7 Å². The third-order valence-corrected chi connectivity index (χ3v) is 7.27. The van der Waals surface area contributed by atoms with Gasteiger partial charge in [0.2, 0.25) is 11.8 Å². The molecule has 1 saturated carbocycles. The van der Waals surface area contributed by atoms with Crippen LogP contribution >= 0.6 is 11.3 Å². The van der Waals surface area contributed by atoms with Gasteiger partial charge in [-0.1, -0.05) is 48.7 Å². The topological polar surface area (TPSA) is 67.9 Å². The number of rotatable bonds is 9. The van der Waals surface area contributed by atoms with E-state index in [2.05, 4.69) is 5.32 Å². The summed E-state index contributed by atoms with van der Waals surface area (Å²) in [5, 5.41) is 5.17. The summed E-state index contributed by atoms with van der Waals surface area (Å²) in [6.45, 7) is 2.00. The van der Waals surface area contributed by atoms with Crippen LogP contribution in [0.3, 0.4) is 0 Å². The summed E-state index contributed by atoms with van der Waals surface area (Å²) in [5.41, 5.74) is 2.39. The number of hydrogen-bond acceptors (Lipinski definition) is 5. The molecule has 7 heteroatoms. The van der Waals surface area contributed by atoms with Crippen molar-refractivity contribution >= 4 is 28.8 Å². The van der Waals surface area contributed by atoms with Crippen molar-refractivity contribution in [3.05, 3.63) is 76.0 Å². The van der Waals surface area contributed by atoms with Crippen molar-refractivity contribution in [3.63, 3.8) is 0 Å². The highest BCUT2D eigenvalue weighted by Gasteiger charge is 2.35. The maximum absolute atomic E-state index is 13.9. The lowest BCUT2D eigenvalue weighted by molar-refractivity contribution is -0.127. The van der Waals surface area contributed by atoms with Gasteiger partial charge in [0, 0.05) is 29.1 Å². The number of amides is 2. The van der Waals surface area contributed by atoms with Crippen molar-refractivity contribution < 1.29 is 19.1 Å². The first-order valence-electron chi connectivity index (χ1n) is 11.9. The fourth-order valence-corrected chi connectivity index (χ4v) is 5.23. The second-order valence-corrected chi connectivity index (χ2v) is 9.93. The summed E-state index contributed by atoms with van der Waals surface area (Å²) in [5.74, 6) is 0.747. The van der Waals surface area contributed by atoms with Crippen molar-refractivity contribution in [2.45, 2.75) is 51.1 Å². The lowest BCUT2D eigenvalue weighted by Gasteiger charge is -2.33. The highest BCUT2D eigenvalue weighted by Crippen LogP contribution is 2.35. The number of ether oxygens (including phenoxy) is 2. The van der Waals surface area contributed by atoms with Gasteiger partial charge in [0.15, 0.2) is 0 Å². The summed E-state index contributed by atoms with van der Waals surface area (Å²) in [6, 6.07) is 16.3. The number of hydrogen-bond donors (Lipinski definition) is 1. The highest BCUT2D eigenvalue weighted by molar-refractivity contribution is 7.10. The SMILES string of the molecule is COc1cc(OC)cc(N(C(=O)Cc2cccs2)[C@H](C(=O)NC2CCCC2)c2ccc(C)cc2)c1.